The molecule has 30 heavy (non-hydrogen) atoms. The summed E-state index contributed by atoms with van der Waals surface area (Å²) in [6.45, 7) is 2.40. The molecule has 0 saturated carbocycles. The standard InChI is InChI=1S/C22H21FN2O4S/c1-2-29-19-11-9-18(10-12-19)25-22(26)17-8-13-20(23)21(14-17)30(27,28)24-15-16-6-4-3-5-7-16/h3-14,24H,2,15H2,1H3,(H,25,26). The lowest BCUT2D eigenvalue weighted by molar-refractivity contribution is 0.102. The highest BCUT2D eigenvalue weighted by molar-refractivity contribution is 7.89. The molecular weight excluding hydrogens is 407 g/mol. The molecule has 0 radical (unpaired) electrons. The maximum Gasteiger partial charge on any atom is 0.255 e. The van der Waals surface area contributed by atoms with Gasteiger partial charge in [0.05, 0.1) is 6.61 Å². The van der Waals surface area contributed by atoms with Crippen LogP contribution in [0.25, 0.3) is 0 Å². The van der Waals surface area contributed by atoms with Gasteiger partial charge in [-0.05, 0) is 55.0 Å². The first kappa shape index (κ1) is 21.5. The molecule has 0 aliphatic heterocycles. The Balaban J connectivity index is 1.75. The minimum atomic E-state index is -4.15. The van der Waals surface area contributed by atoms with E-state index in [1.807, 2.05) is 13.0 Å². The number of hydrogen-bond donors (Lipinski definition) is 2. The Labute approximate surface area is 174 Å². The predicted molar refractivity (Wildman–Crippen MR) is 112 cm³/mol. The highest BCUT2D eigenvalue weighted by Crippen LogP contribution is 2.20. The van der Waals surface area contributed by atoms with Crippen molar-refractivity contribution in [2.45, 2.75) is 18.4 Å². The third kappa shape index (κ3) is 5.43. The van der Waals surface area contributed by atoms with Crippen LogP contribution in [-0.4, -0.2) is 20.9 Å². The minimum Gasteiger partial charge on any atom is -0.494 e. The van der Waals surface area contributed by atoms with Gasteiger partial charge < -0.3 is 10.1 Å². The van der Waals surface area contributed by atoms with Crippen molar-refractivity contribution >= 4 is 21.6 Å². The Morgan fingerprint density at radius 1 is 1.00 bits per heavy atom. The van der Waals surface area contributed by atoms with E-state index >= 15 is 0 Å². The van der Waals surface area contributed by atoms with Gasteiger partial charge in [0.15, 0.2) is 0 Å². The molecule has 0 atom stereocenters. The molecule has 0 saturated heterocycles. The molecular formula is C22H21FN2O4S. The largest absolute Gasteiger partial charge is 0.494 e. The molecule has 3 aromatic rings. The number of rotatable bonds is 8. The van der Waals surface area contributed by atoms with Gasteiger partial charge in [-0.25, -0.2) is 17.5 Å². The molecule has 0 aliphatic rings. The second-order valence-electron chi connectivity index (χ2n) is 6.37. The lowest BCUT2D eigenvalue weighted by Crippen LogP contribution is -2.25. The topological polar surface area (TPSA) is 84.5 Å². The van der Waals surface area contributed by atoms with Crippen LogP contribution >= 0.6 is 0 Å². The van der Waals surface area contributed by atoms with Crippen LogP contribution in [0.5, 0.6) is 5.75 Å². The molecule has 0 heterocycles. The fraction of sp³-hybridized carbons (Fsp3) is 0.136. The van der Waals surface area contributed by atoms with E-state index < -0.39 is 26.6 Å². The smallest absolute Gasteiger partial charge is 0.255 e. The summed E-state index contributed by atoms with van der Waals surface area (Å²) in [4.78, 5) is 11.9. The van der Waals surface area contributed by atoms with E-state index in [1.54, 1.807) is 48.5 Å². The van der Waals surface area contributed by atoms with Crippen LogP contribution in [0.3, 0.4) is 0 Å². The molecule has 1 amide bonds. The first-order valence-corrected chi connectivity index (χ1v) is 10.7. The first-order chi connectivity index (χ1) is 14.4. The summed E-state index contributed by atoms with van der Waals surface area (Å²) < 4.78 is 47.1. The van der Waals surface area contributed by atoms with E-state index in [0.717, 1.165) is 17.7 Å². The predicted octanol–water partition coefficient (Wildman–Crippen LogP) is 3.96. The molecule has 0 bridgehead atoms. The zero-order chi connectivity index (χ0) is 21.6. The zero-order valence-corrected chi connectivity index (χ0v) is 17.1. The molecule has 0 aromatic heterocycles. The SMILES string of the molecule is CCOc1ccc(NC(=O)c2ccc(F)c(S(=O)(=O)NCc3ccccc3)c2)cc1. The van der Waals surface area contributed by atoms with Crippen LogP contribution in [0.1, 0.15) is 22.8 Å². The molecule has 0 fully saturated rings. The van der Waals surface area contributed by atoms with Crippen LogP contribution in [0.15, 0.2) is 77.7 Å². The van der Waals surface area contributed by atoms with Crippen molar-refractivity contribution in [3.8, 4) is 5.75 Å². The first-order valence-electron chi connectivity index (χ1n) is 9.26. The molecule has 0 aliphatic carbocycles. The van der Waals surface area contributed by atoms with Gasteiger partial charge in [-0.15, -0.1) is 0 Å². The Bertz CT molecular complexity index is 1120. The van der Waals surface area contributed by atoms with Gasteiger partial charge in [-0.3, -0.25) is 4.79 Å². The number of sulfonamides is 1. The van der Waals surface area contributed by atoms with E-state index in [9.17, 15) is 17.6 Å². The molecule has 156 valence electrons. The van der Waals surface area contributed by atoms with E-state index in [4.69, 9.17) is 4.74 Å². The number of hydrogen-bond acceptors (Lipinski definition) is 4. The van der Waals surface area contributed by atoms with Crippen LogP contribution in [0.4, 0.5) is 10.1 Å². The van der Waals surface area contributed by atoms with Gasteiger partial charge in [-0.2, -0.15) is 0 Å². The molecule has 2 N–H and O–H groups in total. The van der Waals surface area contributed by atoms with Crippen LogP contribution < -0.4 is 14.8 Å². The lowest BCUT2D eigenvalue weighted by Gasteiger charge is -2.11. The van der Waals surface area contributed by atoms with Crippen LogP contribution in [-0.2, 0) is 16.6 Å². The zero-order valence-electron chi connectivity index (χ0n) is 16.3. The van der Waals surface area contributed by atoms with Gasteiger partial charge in [0.1, 0.15) is 16.5 Å². The van der Waals surface area contributed by atoms with E-state index in [0.29, 0.717) is 18.0 Å². The van der Waals surface area contributed by atoms with Crippen LogP contribution in [0.2, 0.25) is 0 Å². The fourth-order valence-electron chi connectivity index (χ4n) is 2.71. The summed E-state index contributed by atoms with van der Waals surface area (Å²) in [5.74, 6) is -0.831. The Kier molecular flexibility index (Phi) is 6.81. The Morgan fingerprint density at radius 2 is 1.70 bits per heavy atom. The number of benzene rings is 3. The van der Waals surface area contributed by atoms with Crippen LogP contribution in [0, 0.1) is 5.82 Å². The van der Waals surface area contributed by atoms with Crippen molar-refractivity contribution in [2.24, 2.45) is 0 Å². The second kappa shape index (κ2) is 9.51. The molecule has 3 aromatic carbocycles. The van der Waals surface area contributed by atoms with E-state index in [2.05, 4.69) is 10.0 Å². The van der Waals surface area contributed by atoms with Crippen molar-refractivity contribution in [3.63, 3.8) is 0 Å². The number of anilines is 1. The summed E-state index contributed by atoms with van der Waals surface area (Å²) in [5.41, 5.74) is 1.25. The maximum absolute atomic E-state index is 14.2. The number of carbonyl (C=O) groups is 1. The second-order valence-corrected chi connectivity index (χ2v) is 8.10. The molecule has 3 rings (SSSR count). The Morgan fingerprint density at radius 3 is 2.37 bits per heavy atom. The monoisotopic (exact) mass is 428 g/mol. The van der Waals surface area contributed by atoms with Gasteiger partial charge in [0.25, 0.3) is 5.91 Å². The highest BCUT2D eigenvalue weighted by atomic mass is 32.2. The van der Waals surface area contributed by atoms with Crippen molar-refractivity contribution in [2.75, 3.05) is 11.9 Å². The summed E-state index contributed by atoms with van der Waals surface area (Å²) in [6, 6.07) is 18.8. The van der Waals surface area contributed by atoms with Crippen molar-refractivity contribution < 1.29 is 22.3 Å². The molecule has 8 heteroatoms. The third-order valence-electron chi connectivity index (χ3n) is 4.22. The Hall–Kier alpha value is -3.23. The van der Waals surface area contributed by atoms with E-state index in [1.165, 1.54) is 6.07 Å². The number of amides is 1. The quantitative estimate of drug-likeness (QED) is 0.569. The minimum absolute atomic E-state index is 0.00518. The third-order valence-corrected chi connectivity index (χ3v) is 5.63. The normalized spacial score (nSPS) is 11.1. The average molecular weight is 428 g/mol. The molecule has 0 unspecified atom stereocenters. The van der Waals surface area contributed by atoms with Gasteiger partial charge >= 0.3 is 0 Å². The van der Waals surface area contributed by atoms with Gasteiger partial charge in [0.2, 0.25) is 10.0 Å². The lowest BCUT2D eigenvalue weighted by atomic mass is 10.2. The summed E-state index contributed by atoms with van der Waals surface area (Å²) in [6.07, 6.45) is 0. The summed E-state index contributed by atoms with van der Waals surface area (Å²) in [7, 11) is -4.15. The van der Waals surface area contributed by atoms with Gasteiger partial charge in [0, 0.05) is 17.8 Å². The maximum atomic E-state index is 14.2. The number of ether oxygens (including phenoxy) is 1. The number of carbonyl (C=O) groups excluding carboxylic acids is 1. The fourth-order valence-corrected chi connectivity index (χ4v) is 3.83. The number of halogens is 1. The van der Waals surface area contributed by atoms with Crippen molar-refractivity contribution in [1.82, 2.24) is 4.72 Å². The summed E-state index contributed by atoms with van der Waals surface area (Å²) in [5, 5.41) is 2.65. The van der Waals surface area contributed by atoms with Crippen molar-refractivity contribution in [1.29, 1.82) is 0 Å². The van der Waals surface area contributed by atoms with Crippen molar-refractivity contribution in [3.05, 3.63) is 89.7 Å². The van der Waals surface area contributed by atoms with Gasteiger partial charge in [-0.1, -0.05) is 30.3 Å². The average Bonchev–Trinajstić information content (AvgIpc) is 2.75. The summed E-state index contributed by atoms with van der Waals surface area (Å²) >= 11 is 0. The molecule has 6 nitrogen and oxygen atoms in total. The molecule has 0 spiro atoms. The highest BCUT2D eigenvalue weighted by Gasteiger charge is 2.21. The van der Waals surface area contributed by atoms with E-state index in [-0.39, 0.29) is 12.1 Å². The number of nitrogens with one attached hydrogen (secondary N) is 2.